The SMILES string of the molecule is COc1cccc(OC(F)(F)F)c1.NSc1cccc(NC(=O)C2CCCCC2)c1. The summed E-state index contributed by atoms with van der Waals surface area (Å²) in [6.45, 7) is 0. The van der Waals surface area contributed by atoms with E-state index in [9.17, 15) is 18.0 Å². The molecule has 0 radical (unpaired) electrons. The topological polar surface area (TPSA) is 73.6 Å². The van der Waals surface area contributed by atoms with Crippen molar-refractivity contribution in [2.75, 3.05) is 12.4 Å². The first-order chi connectivity index (χ1) is 14.3. The largest absolute Gasteiger partial charge is 0.573 e. The van der Waals surface area contributed by atoms with Crippen LogP contribution in [0.3, 0.4) is 0 Å². The van der Waals surface area contributed by atoms with Crippen LogP contribution in [-0.4, -0.2) is 19.4 Å². The Labute approximate surface area is 178 Å². The molecule has 1 amide bonds. The van der Waals surface area contributed by atoms with Gasteiger partial charge in [-0.2, -0.15) is 0 Å². The average Bonchev–Trinajstić information content (AvgIpc) is 2.74. The van der Waals surface area contributed by atoms with Crippen molar-refractivity contribution < 1.29 is 27.4 Å². The minimum absolute atomic E-state index is 0.156. The molecule has 2 aromatic carbocycles. The van der Waals surface area contributed by atoms with Gasteiger partial charge in [0, 0.05) is 22.6 Å². The first-order valence-electron chi connectivity index (χ1n) is 9.48. The molecule has 3 rings (SSSR count). The minimum atomic E-state index is -4.66. The number of nitrogens with two attached hydrogens (primary N) is 1. The third-order valence-corrected chi connectivity index (χ3v) is 5.01. The zero-order chi connectivity index (χ0) is 22.0. The fraction of sp³-hybridized carbons (Fsp3) is 0.381. The van der Waals surface area contributed by atoms with Gasteiger partial charge >= 0.3 is 6.36 Å². The summed E-state index contributed by atoms with van der Waals surface area (Å²) in [6.07, 6.45) is 1.01. The van der Waals surface area contributed by atoms with E-state index in [2.05, 4.69) is 10.1 Å². The van der Waals surface area contributed by atoms with E-state index in [4.69, 9.17) is 9.88 Å². The second kappa shape index (κ2) is 11.7. The van der Waals surface area contributed by atoms with E-state index in [1.807, 2.05) is 24.3 Å². The Kier molecular flexibility index (Phi) is 9.32. The molecule has 0 aliphatic heterocycles. The van der Waals surface area contributed by atoms with Gasteiger partial charge in [0.25, 0.3) is 0 Å². The number of amides is 1. The molecule has 1 fully saturated rings. The molecule has 0 bridgehead atoms. The van der Waals surface area contributed by atoms with E-state index in [0.717, 1.165) is 29.5 Å². The Morgan fingerprint density at radius 1 is 1.07 bits per heavy atom. The second-order valence-corrected chi connectivity index (χ2v) is 7.40. The predicted octanol–water partition coefficient (Wildman–Crippen LogP) is 5.77. The standard InChI is InChI=1S/C13H18N2OS.C8H7F3O2/c14-17-12-8-4-7-11(9-12)15-13(16)10-5-2-1-3-6-10;1-12-6-3-2-4-7(5-6)13-8(9,10)11/h4,7-10H,1-3,5-6,14H2,(H,15,16);2-5H,1H3. The number of methoxy groups -OCH3 is 1. The molecule has 0 unspecified atom stereocenters. The number of benzene rings is 2. The number of alkyl halides is 3. The van der Waals surface area contributed by atoms with E-state index in [1.165, 1.54) is 56.5 Å². The molecule has 0 saturated heterocycles. The smallest absolute Gasteiger partial charge is 0.497 e. The lowest BCUT2D eigenvalue weighted by Crippen LogP contribution is -2.24. The maximum Gasteiger partial charge on any atom is 0.573 e. The van der Waals surface area contributed by atoms with Gasteiger partial charge in [0.15, 0.2) is 0 Å². The zero-order valence-corrected chi connectivity index (χ0v) is 17.4. The summed E-state index contributed by atoms with van der Waals surface area (Å²) >= 11 is 1.19. The first kappa shape index (κ1) is 23.9. The summed E-state index contributed by atoms with van der Waals surface area (Å²) < 4.78 is 43.5. The van der Waals surface area contributed by atoms with Crippen LogP contribution in [0.4, 0.5) is 18.9 Å². The highest BCUT2D eigenvalue weighted by atomic mass is 32.2. The van der Waals surface area contributed by atoms with Crippen LogP contribution in [0.15, 0.2) is 53.4 Å². The Bertz CT molecular complexity index is 812. The van der Waals surface area contributed by atoms with Crippen molar-refractivity contribution >= 4 is 23.5 Å². The number of nitrogens with one attached hydrogen (secondary N) is 1. The van der Waals surface area contributed by atoms with Gasteiger partial charge in [-0.3, -0.25) is 9.93 Å². The van der Waals surface area contributed by atoms with Gasteiger partial charge < -0.3 is 14.8 Å². The van der Waals surface area contributed by atoms with Crippen molar-refractivity contribution in [2.45, 2.75) is 43.4 Å². The molecule has 1 aliphatic carbocycles. The van der Waals surface area contributed by atoms with Crippen molar-refractivity contribution in [3.63, 3.8) is 0 Å². The number of carbonyl (C=O) groups is 1. The van der Waals surface area contributed by atoms with Crippen LogP contribution in [-0.2, 0) is 4.79 Å². The molecular weight excluding hydrogens is 417 g/mol. The molecule has 5 nitrogen and oxygen atoms in total. The van der Waals surface area contributed by atoms with Crippen LogP contribution in [0.5, 0.6) is 11.5 Å². The van der Waals surface area contributed by atoms with Gasteiger partial charge in [-0.1, -0.05) is 31.4 Å². The summed E-state index contributed by atoms with van der Waals surface area (Å²) in [5.74, 6) is 0.385. The quantitative estimate of drug-likeness (QED) is 0.576. The fourth-order valence-corrected chi connectivity index (χ4v) is 3.41. The number of halogens is 3. The van der Waals surface area contributed by atoms with Gasteiger partial charge in [-0.05, 0) is 55.1 Å². The van der Waals surface area contributed by atoms with Gasteiger partial charge in [0.05, 0.1) is 7.11 Å². The third-order valence-electron chi connectivity index (χ3n) is 4.49. The number of carbonyl (C=O) groups excluding carboxylic acids is 1. The van der Waals surface area contributed by atoms with Crippen molar-refractivity contribution in [3.05, 3.63) is 48.5 Å². The average molecular weight is 443 g/mol. The highest BCUT2D eigenvalue weighted by molar-refractivity contribution is 7.97. The maximum atomic E-state index is 12.0. The molecule has 0 spiro atoms. The molecule has 0 atom stereocenters. The highest BCUT2D eigenvalue weighted by Gasteiger charge is 2.31. The summed E-state index contributed by atoms with van der Waals surface area (Å²) in [4.78, 5) is 13.0. The van der Waals surface area contributed by atoms with Crippen molar-refractivity contribution in [3.8, 4) is 11.5 Å². The Morgan fingerprint density at radius 2 is 1.73 bits per heavy atom. The summed E-state index contributed by atoms with van der Waals surface area (Å²) in [5.41, 5.74) is 0.844. The zero-order valence-electron chi connectivity index (χ0n) is 16.6. The van der Waals surface area contributed by atoms with E-state index in [-0.39, 0.29) is 17.6 Å². The van der Waals surface area contributed by atoms with Crippen LogP contribution in [0.2, 0.25) is 0 Å². The van der Waals surface area contributed by atoms with Gasteiger partial charge in [-0.25, -0.2) is 0 Å². The monoisotopic (exact) mass is 442 g/mol. The number of rotatable bonds is 5. The van der Waals surface area contributed by atoms with E-state index in [0.29, 0.717) is 5.75 Å². The Morgan fingerprint density at radius 3 is 2.37 bits per heavy atom. The molecule has 164 valence electrons. The van der Waals surface area contributed by atoms with Gasteiger partial charge in [0.1, 0.15) is 11.5 Å². The Balaban J connectivity index is 0.000000222. The summed E-state index contributed by atoms with van der Waals surface area (Å²) in [5, 5.41) is 8.47. The molecule has 1 saturated carbocycles. The van der Waals surface area contributed by atoms with Crippen LogP contribution in [0.1, 0.15) is 32.1 Å². The van der Waals surface area contributed by atoms with E-state index >= 15 is 0 Å². The lowest BCUT2D eigenvalue weighted by atomic mass is 9.88. The van der Waals surface area contributed by atoms with Crippen molar-refractivity contribution in [1.82, 2.24) is 0 Å². The third kappa shape index (κ3) is 8.54. The highest BCUT2D eigenvalue weighted by Crippen LogP contribution is 2.26. The molecule has 30 heavy (non-hydrogen) atoms. The summed E-state index contributed by atoms with van der Waals surface area (Å²) in [7, 11) is 1.37. The number of hydrogen-bond acceptors (Lipinski definition) is 5. The van der Waals surface area contributed by atoms with Crippen LogP contribution in [0, 0.1) is 5.92 Å². The molecule has 0 aromatic heterocycles. The number of hydrogen-bond donors (Lipinski definition) is 2. The van der Waals surface area contributed by atoms with E-state index < -0.39 is 6.36 Å². The molecule has 0 heterocycles. The van der Waals surface area contributed by atoms with Crippen LogP contribution in [0.25, 0.3) is 0 Å². The summed E-state index contributed by atoms with van der Waals surface area (Å²) in [6, 6.07) is 13.0. The molecular formula is C21H25F3N2O3S. The molecule has 2 aromatic rings. The van der Waals surface area contributed by atoms with Crippen LogP contribution >= 0.6 is 11.9 Å². The van der Waals surface area contributed by atoms with Gasteiger partial charge in [0.2, 0.25) is 5.91 Å². The van der Waals surface area contributed by atoms with Crippen molar-refractivity contribution in [2.24, 2.45) is 11.1 Å². The van der Waals surface area contributed by atoms with E-state index in [1.54, 1.807) is 0 Å². The maximum absolute atomic E-state index is 12.0. The minimum Gasteiger partial charge on any atom is -0.497 e. The van der Waals surface area contributed by atoms with Crippen LogP contribution < -0.4 is 19.9 Å². The molecule has 1 aliphatic rings. The Hall–Kier alpha value is -2.39. The molecule has 3 N–H and O–H groups in total. The lowest BCUT2D eigenvalue weighted by molar-refractivity contribution is -0.274. The fourth-order valence-electron chi connectivity index (χ4n) is 3.05. The molecule has 9 heteroatoms. The normalized spacial score (nSPS) is 14.3. The number of ether oxygens (including phenoxy) is 2. The second-order valence-electron chi connectivity index (χ2n) is 6.70. The van der Waals surface area contributed by atoms with Gasteiger partial charge in [-0.15, -0.1) is 13.2 Å². The first-order valence-corrected chi connectivity index (χ1v) is 10.4. The number of anilines is 1. The van der Waals surface area contributed by atoms with Crippen molar-refractivity contribution in [1.29, 1.82) is 0 Å². The lowest BCUT2D eigenvalue weighted by Gasteiger charge is -2.20. The predicted molar refractivity (Wildman–Crippen MR) is 111 cm³/mol.